The summed E-state index contributed by atoms with van der Waals surface area (Å²) in [6, 6.07) is 8.42. The summed E-state index contributed by atoms with van der Waals surface area (Å²) in [4.78, 5) is 0. The zero-order valence-electron chi connectivity index (χ0n) is 9.55. The third kappa shape index (κ3) is 2.51. The van der Waals surface area contributed by atoms with Gasteiger partial charge in [0.05, 0.1) is 7.11 Å². The van der Waals surface area contributed by atoms with E-state index in [-0.39, 0.29) is 0 Å². The first-order chi connectivity index (χ1) is 7.28. The Morgan fingerprint density at radius 3 is 2.80 bits per heavy atom. The predicted octanol–water partition coefficient (Wildman–Crippen LogP) is 2.24. The van der Waals surface area contributed by atoms with E-state index in [9.17, 15) is 0 Å². The molecule has 0 amide bonds. The van der Waals surface area contributed by atoms with Crippen molar-refractivity contribution in [2.75, 3.05) is 20.7 Å². The van der Waals surface area contributed by atoms with Crippen LogP contribution in [0.4, 0.5) is 0 Å². The normalized spacial score (nSPS) is 17.5. The molecule has 2 nitrogen and oxygen atoms in total. The summed E-state index contributed by atoms with van der Waals surface area (Å²) in [6.07, 6.45) is 3.88. The van der Waals surface area contributed by atoms with Crippen LogP contribution in [0.3, 0.4) is 0 Å². The maximum atomic E-state index is 5.23. The van der Waals surface area contributed by atoms with E-state index in [0.29, 0.717) is 5.41 Å². The van der Waals surface area contributed by atoms with Crippen molar-refractivity contribution in [3.8, 4) is 5.75 Å². The fourth-order valence-electron chi connectivity index (χ4n) is 2.18. The van der Waals surface area contributed by atoms with Crippen molar-refractivity contribution >= 4 is 0 Å². The van der Waals surface area contributed by atoms with E-state index < -0.39 is 0 Å². The van der Waals surface area contributed by atoms with Gasteiger partial charge in [0.25, 0.3) is 0 Å². The van der Waals surface area contributed by atoms with Gasteiger partial charge in [0, 0.05) is 6.54 Å². The van der Waals surface area contributed by atoms with Crippen LogP contribution in [0.5, 0.6) is 5.75 Å². The van der Waals surface area contributed by atoms with Crippen molar-refractivity contribution in [3.63, 3.8) is 0 Å². The van der Waals surface area contributed by atoms with Crippen molar-refractivity contribution in [1.29, 1.82) is 0 Å². The van der Waals surface area contributed by atoms with Gasteiger partial charge in [-0.15, -0.1) is 0 Å². The Hall–Kier alpha value is -1.02. The van der Waals surface area contributed by atoms with Crippen molar-refractivity contribution < 1.29 is 4.74 Å². The Bertz CT molecular complexity index is 331. The molecule has 1 N–H and O–H groups in total. The van der Waals surface area contributed by atoms with Gasteiger partial charge in [-0.05, 0) is 49.4 Å². The van der Waals surface area contributed by atoms with Gasteiger partial charge in [-0.2, -0.15) is 0 Å². The Morgan fingerprint density at radius 1 is 1.40 bits per heavy atom. The molecule has 82 valence electrons. The smallest absolute Gasteiger partial charge is 0.119 e. The Balaban J connectivity index is 2.04. The van der Waals surface area contributed by atoms with Crippen LogP contribution in [0.2, 0.25) is 0 Å². The van der Waals surface area contributed by atoms with Gasteiger partial charge in [0.2, 0.25) is 0 Å². The van der Waals surface area contributed by atoms with Gasteiger partial charge >= 0.3 is 0 Å². The topological polar surface area (TPSA) is 21.3 Å². The molecule has 0 unspecified atom stereocenters. The number of ether oxygens (including phenoxy) is 1. The molecular formula is C13H19NO. The van der Waals surface area contributed by atoms with Crippen molar-refractivity contribution in [1.82, 2.24) is 5.32 Å². The highest BCUT2D eigenvalue weighted by Gasteiger charge is 2.41. The first-order valence-corrected chi connectivity index (χ1v) is 5.56. The van der Waals surface area contributed by atoms with Crippen LogP contribution < -0.4 is 10.1 Å². The van der Waals surface area contributed by atoms with E-state index in [2.05, 4.69) is 23.5 Å². The first kappa shape index (κ1) is 10.5. The minimum Gasteiger partial charge on any atom is -0.497 e. The number of hydrogen-bond donors (Lipinski definition) is 1. The van der Waals surface area contributed by atoms with Gasteiger partial charge in [0.15, 0.2) is 0 Å². The summed E-state index contributed by atoms with van der Waals surface area (Å²) < 4.78 is 5.23. The molecular weight excluding hydrogens is 186 g/mol. The Kier molecular flexibility index (Phi) is 2.96. The van der Waals surface area contributed by atoms with Crippen LogP contribution in [-0.2, 0) is 6.42 Å². The molecule has 2 rings (SSSR count). The highest BCUT2D eigenvalue weighted by atomic mass is 16.5. The second kappa shape index (κ2) is 4.23. The quantitative estimate of drug-likeness (QED) is 0.796. The number of hydrogen-bond acceptors (Lipinski definition) is 2. The zero-order chi connectivity index (χ0) is 10.7. The molecule has 1 aliphatic carbocycles. The van der Waals surface area contributed by atoms with Crippen molar-refractivity contribution in [2.24, 2.45) is 5.41 Å². The Morgan fingerprint density at radius 2 is 2.20 bits per heavy atom. The lowest BCUT2D eigenvalue weighted by atomic mass is 9.96. The molecule has 1 aromatic carbocycles. The number of nitrogens with one attached hydrogen (secondary N) is 1. The molecule has 0 spiro atoms. The summed E-state index contributed by atoms with van der Waals surface area (Å²) >= 11 is 0. The second-order valence-electron chi connectivity index (χ2n) is 4.56. The highest BCUT2D eigenvalue weighted by molar-refractivity contribution is 5.30. The Labute approximate surface area is 91.6 Å². The monoisotopic (exact) mass is 205 g/mol. The molecule has 0 aliphatic heterocycles. The molecule has 15 heavy (non-hydrogen) atoms. The zero-order valence-corrected chi connectivity index (χ0v) is 9.55. The summed E-state index contributed by atoms with van der Waals surface area (Å²) in [5.74, 6) is 0.966. The lowest BCUT2D eigenvalue weighted by Gasteiger charge is -2.14. The predicted molar refractivity (Wildman–Crippen MR) is 62.3 cm³/mol. The molecule has 1 aliphatic rings. The van der Waals surface area contributed by atoms with Gasteiger partial charge < -0.3 is 10.1 Å². The fraction of sp³-hybridized carbons (Fsp3) is 0.538. The number of methoxy groups -OCH3 is 1. The minimum absolute atomic E-state index is 0.529. The summed E-state index contributed by atoms with van der Waals surface area (Å²) in [6.45, 7) is 1.13. The van der Waals surface area contributed by atoms with Gasteiger partial charge in [0.1, 0.15) is 5.75 Å². The molecule has 0 atom stereocenters. The van der Waals surface area contributed by atoms with Crippen molar-refractivity contribution in [2.45, 2.75) is 19.3 Å². The van der Waals surface area contributed by atoms with Crippen molar-refractivity contribution in [3.05, 3.63) is 29.8 Å². The van der Waals surface area contributed by atoms with Crippen LogP contribution >= 0.6 is 0 Å². The summed E-state index contributed by atoms with van der Waals surface area (Å²) in [7, 11) is 3.76. The SMILES string of the molecule is CNCC1(Cc2cccc(OC)c2)CC1. The number of rotatable bonds is 5. The second-order valence-corrected chi connectivity index (χ2v) is 4.56. The molecule has 0 bridgehead atoms. The molecule has 2 heteroatoms. The average Bonchev–Trinajstić information content (AvgIpc) is 2.99. The molecule has 1 saturated carbocycles. The van der Waals surface area contributed by atoms with E-state index in [0.717, 1.165) is 12.3 Å². The average molecular weight is 205 g/mol. The third-order valence-corrected chi connectivity index (χ3v) is 3.22. The molecule has 0 aromatic heterocycles. The lowest BCUT2D eigenvalue weighted by molar-refractivity contribution is 0.413. The van der Waals surface area contributed by atoms with E-state index >= 15 is 0 Å². The van der Waals surface area contributed by atoms with E-state index in [1.807, 2.05) is 13.1 Å². The fourth-order valence-corrected chi connectivity index (χ4v) is 2.18. The van der Waals surface area contributed by atoms with Crippen LogP contribution in [-0.4, -0.2) is 20.7 Å². The molecule has 0 saturated heterocycles. The van der Waals surface area contributed by atoms with Crippen LogP contribution in [0.25, 0.3) is 0 Å². The standard InChI is InChI=1S/C13H19NO/c1-14-10-13(6-7-13)9-11-4-3-5-12(8-11)15-2/h3-5,8,14H,6-7,9-10H2,1-2H3. The maximum Gasteiger partial charge on any atom is 0.119 e. The van der Waals surface area contributed by atoms with Crippen LogP contribution in [0.1, 0.15) is 18.4 Å². The summed E-state index contributed by atoms with van der Waals surface area (Å²) in [5, 5.41) is 3.29. The van der Waals surface area contributed by atoms with Crippen LogP contribution in [0.15, 0.2) is 24.3 Å². The van der Waals surface area contributed by atoms with E-state index in [1.165, 1.54) is 24.8 Å². The lowest BCUT2D eigenvalue weighted by Crippen LogP contribution is -2.21. The molecule has 0 radical (unpaired) electrons. The van der Waals surface area contributed by atoms with Gasteiger partial charge in [-0.1, -0.05) is 12.1 Å². The minimum atomic E-state index is 0.529. The molecule has 1 fully saturated rings. The third-order valence-electron chi connectivity index (χ3n) is 3.22. The van der Waals surface area contributed by atoms with Crippen LogP contribution in [0, 0.1) is 5.41 Å². The van der Waals surface area contributed by atoms with E-state index in [4.69, 9.17) is 4.74 Å². The first-order valence-electron chi connectivity index (χ1n) is 5.56. The molecule has 1 aromatic rings. The largest absolute Gasteiger partial charge is 0.497 e. The van der Waals surface area contributed by atoms with Gasteiger partial charge in [-0.3, -0.25) is 0 Å². The summed E-state index contributed by atoms with van der Waals surface area (Å²) in [5.41, 5.74) is 1.92. The van der Waals surface area contributed by atoms with Gasteiger partial charge in [-0.25, -0.2) is 0 Å². The maximum absolute atomic E-state index is 5.23. The highest BCUT2D eigenvalue weighted by Crippen LogP contribution is 2.47. The number of benzene rings is 1. The van der Waals surface area contributed by atoms with E-state index in [1.54, 1.807) is 7.11 Å². The molecule has 0 heterocycles.